The van der Waals surface area contributed by atoms with Crippen molar-refractivity contribution in [1.29, 1.82) is 5.41 Å². The maximum Gasteiger partial charge on any atom is 0.234 e. The first-order chi connectivity index (χ1) is 4.68. The molecule has 0 aromatic rings. The Morgan fingerprint density at radius 2 is 2.40 bits per heavy atom. The fourth-order valence-corrected chi connectivity index (χ4v) is 0.477. The number of rotatable bonds is 4. The van der Waals surface area contributed by atoms with Crippen LogP contribution in [-0.4, -0.2) is 17.8 Å². The highest BCUT2D eigenvalue weighted by Crippen LogP contribution is 1.92. The van der Waals surface area contributed by atoms with Gasteiger partial charge in [0.25, 0.3) is 0 Å². The van der Waals surface area contributed by atoms with Crippen molar-refractivity contribution in [2.24, 2.45) is 11.5 Å². The van der Waals surface area contributed by atoms with Crippen molar-refractivity contribution < 1.29 is 4.79 Å². The van der Waals surface area contributed by atoms with Gasteiger partial charge in [-0.25, -0.2) is 0 Å². The third-order valence-electron chi connectivity index (χ3n) is 1.09. The molecule has 0 saturated heterocycles. The molecule has 0 rings (SSSR count). The molecule has 0 aromatic carbocycles. The van der Waals surface area contributed by atoms with Crippen molar-refractivity contribution in [3.63, 3.8) is 0 Å². The van der Waals surface area contributed by atoms with E-state index in [1.165, 1.54) is 6.08 Å². The lowest BCUT2D eigenvalue weighted by Crippen LogP contribution is -2.36. The van der Waals surface area contributed by atoms with Gasteiger partial charge in [-0.15, -0.1) is 0 Å². The van der Waals surface area contributed by atoms with Crippen LogP contribution in [-0.2, 0) is 4.79 Å². The molecule has 1 unspecified atom stereocenters. The lowest BCUT2D eigenvalue weighted by molar-refractivity contribution is -0.119. The van der Waals surface area contributed by atoms with Crippen LogP contribution in [0.5, 0.6) is 0 Å². The number of carbonyl (C=O) groups is 1. The molecule has 0 aliphatic heterocycles. The molecular weight excluding hydrogens is 130 g/mol. The Kier molecular flexibility index (Phi) is 4.20. The van der Waals surface area contributed by atoms with Crippen molar-refractivity contribution in [2.75, 3.05) is 0 Å². The number of allylic oxidation sites excluding steroid dienone is 1. The van der Waals surface area contributed by atoms with Gasteiger partial charge < -0.3 is 11.5 Å². The third kappa shape index (κ3) is 3.83. The summed E-state index contributed by atoms with van der Waals surface area (Å²) in [7, 11) is 0. The minimum atomic E-state index is -0.593. The van der Waals surface area contributed by atoms with E-state index in [9.17, 15) is 4.79 Å². The van der Waals surface area contributed by atoms with E-state index in [4.69, 9.17) is 16.9 Å². The normalized spacial score (nSPS) is 11.7. The summed E-state index contributed by atoms with van der Waals surface area (Å²) < 4.78 is 0. The van der Waals surface area contributed by atoms with E-state index in [1.807, 2.05) is 0 Å². The summed E-state index contributed by atoms with van der Waals surface area (Å²) in [6, 6.07) is -0.593. The minimum Gasteiger partial charge on any atom is -0.368 e. The van der Waals surface area contributed by atoms with Gasteiger partial charge in [0, 0.05) is 0 Å². The summed E-state index contributed by atoms with van der Waals surface area (Å²) >= 11 is 0. The van der Waals surface area contributed by atoms with E-state index in [0.29, 0.717) is 12.8 Å². The lowest BCUT2D eigenvalue weighted by atomic mass is 10.1. The van der Waals surface area contributed by atoms with E-state index >= 15 is 0 Å². The van der Waals surface area contributed by atoms with E-state index < -0.39 is 11.9 Å². The number of carbonyl (C=O) groups excluding carboxylic acids is 1. The van der Waals surface area contributed by atoms with Gasteiger partial charge in [-0.1, -0.05) is 0 Å². The zero-order valence-corrected chi connectivity index (χ0v) is 5.63. The van der Waals surface area contributed by atoms with Crippen molar-refractivity contribution in [3.05, 3.63) is 6.08 Å². The monoisotopic (exact) mass is 141 g/mol. The van der Waals surface area contributed by atoms with Crippen LogP contribution in [0.4, 0.5) is 0 Å². The molecule has 0 spiro atoms. The molecule has 1 atom stereocenters. The topological polar surface area (TPSA) is 93.0 Å². The largest absolute Gasteiger partial charge is 0.368 e. The van der Waals surface area contributed by atoms with Crippen LogP contribution in [0, 0.1) is 5.41 Å². The first-order valence-corrected chi connectivity index (χ1v) is 2.97. The number of nitrogens with one attached hydrogen (secondary N) is 1. The fraction of sp³-hybridized carbons (Fsp3) is 0.500. The van der Waals surface area contributed by atoms with Crippen LogP contribution >= 0.6 is 0 Å². The second-order valence-electron chi connectivity index (χ2n) is 1.93. The van der Waals surface area contributed by atoms with Crippen LogP contribution in [0.1, 0.15) is 12.8 Å². The van der Waals surface area contributed by atoms with Crippen molar-refractivity contribution >= 4 is 11.8 Å². The molecule has 0 heterocycles. The minimum absolute atomic E-state index is 0.487. The Morgan fingerprint density at radius 3 is 2.80 bits per heavy atom. The number of amides is 1. The van der Waals surface area contributed by atoms with Crippen molar-refractivity contribution in [2.45, 2.75) is 18.9 Å². The molecule has 0 aromatic heterocycles. The smallest absolute Gasteiger partial charge is 0.234 e. The Bertz CT molecular complexity index is 160. The van der Waals surface area contributed by atoms with E-state index in [2.05, 4.69) is 5.87 Å². The van der Waals surface area contributed by atoms with Gasteiger partial charge in [0.1, 0.15) is 0 Å². The Morgan fingerprint density at radius 1 is 1.80 bits per heavy atom. The van der Waals surface area contributed by atoms with Gasteiger partial charge in [-0.05, 0) is 24.8 Å². The van der Waals surface area contributed by atoms with Crippen molar-refractivity contribution in [1.82, 2.24) is 0 Å². The Hall–Kier alpha value is -1.12. The van der Waals surface area contributed by atoms with Crippen LogP contribution in [0.15, 0.2) is 6.08 Å². The molecule has 10 heavy (non-hydrogen) atoms. The molecule has 56 valence electrons. The molecule has 0 bridgehead atoms. The second kappa shape index (κ2) is 4.73. The van der Waals surface area contributed by atoms with E-state index in [-0.39, 0.29) is 0 Å². The van der Waals surface area contributed by atoms with Gasteiger partial charge in [0.2, 0.25) is 5.91 Å². The number of nitrogens with two attached hydrogens (primary N) is 2. The predicted molar refractivity (Wildman–Crippen MR) is 38.7 cm³/mol. The van der Waals surface area contributed by atoms with Crippen molar-refractivity contribution in [3.8, 4) is 0 Å². The summed E-state index contributed by atoms with van der Waals surface area (Å²) in [5.41, 5.74) is 10.1. The maximum atomic E-state index is 10.3. The zero-order valence-electron chi connectivity index (χ0n) is 5.63. The highest BCUT2D eigenvalue weighted by Gasteiger charge is 2.06. The van der Waals surface area contributed by atoms with Gasteiger partial charge in [0.05, 0.1) is 6.04 Å². The second-order valence-corrected chi connectivity index (χ2v) is 1.93. The molecule has 1 amide bonds. The lowest BCUT2D eigenvalue weighted by Gasteiger charge is -2.02. The first-order valence-electron chi connectivity index (χ1n) is 2.97. The first kappa shape index (κ1) is 8.88. The average molecular weight is 141 g/mol. The van der Waals surface area contributed by atoms with Gasteiger partial charge in [0.15, 0.2) is 0 Å². The SMILES string of the molecule is N=C=CCCC(N)C(N)=O. The molecule has 0 aliphatic rings. The Labute approximate surface area is 59.4 Å². The van der Waals surface area contributed by atoms with E-state index in [0.717, 1.165) is 0 Å². The van der Waals surface area contributed by atoms with Crippen LogP contribution in [0.3, 0.4) is 0 Å². The average Bonchev–Trinajstić information content (AvgIpc) is 1.88. The third-order valence-corrected chi connectivity index (χ3v) is 1.09. The maximum absolute atomic E-state index is 10.3. The quantitative estimate of drug-likeness (QED) is 0.455. The molecule has 0 radical (unpaired) electrons. The van der Waals surface area contributed by atoms with Crippen LogP contribution in [0.25, 0.3) is 0 Å². The van der Waals surface area contributed by atoms with Gasteiger partial charge >= 0.3 is 0 Å². The van der Waals surface area contributed by atoms with Crippen LogP contribution < -0.4 is 11.5 Å². The fourth-order valence-electron chi connectivity index (χ4n) is 0.477. The summed E-state index contributed by atoms with van der Waals surface area (Å²) in [6.45, 7) is 0. The Balaban J connectivity index is 3.48. The molecule has 0 aliphatic carbocycles. The summed E-state index contributed by atoms with van der Waals surface area (Å²) in [4.78, 5) is 10.3. The number of hydrogen-bond acceptors (Lipinski definition) is 3. The number of primary amides is 1. The zero-order chi connectivity index (χ0) is 7.98. The van der Waals surface area contributed by atoms with Gasteiger partial charge in [-0.2, -0.15) is 0 Å². The van der Waals surface area contributed by atoms with Crippen LogP contribution in [0.2, 0.25) is 0 Å². The molecule has 0 saturated carbocycles. The van der Waals surface area contributed by atoms with Gasteiger partial charge in [-0.3, -0.25) is 10.2 Å². The summed E-state index contributed by atoms with van der Waals surface area (Å²) in [5.74, 6) is 1.58. The molecule has 0 fully saturated rings. The molecular formula is C6H11N3O. The predicted octanol–water partition coefficient (Wildman–Crippen LogP) is -0.616. The summed E-state index contributed by atoms with van der Waals surface area (Å²) in [6.07, 6.45) is 2.57. The summed E-state index contributed by atoms with van der Waals surface area (Å²) in [5, 5.41) is 6.49. The number of hydrogen-bond donors (Lipinski definition) is 3. The van der Waals surface area contributed by atoms with E-state index in [1.54, 1.807) is 0 Å². The highest BCUT2D eigenvalue weighted by molar-refractivity contribution is 5.79. The highest BCUT2D eigenvalue weighted by atomic mass is 16.1. The molecule has 4 nitrogen and oxygen atoms in total. The molecule has 5 N–H and O–H groups in total. The molecule has 4 heteroatoms. The standard InChI is InChI=1S/C6H11N3O/c7-4-2-1-3-5(8)6(9)10/h2,5,7H,1,3,8H2,(H2,9,10).